The molecule has 0 fully saturated rings. The molecule has 0 unspecified atom stereocenters. The summed E-state index contributed by atoms with van der Waals surface area (Å²) in [5.41, 5.74) is 1.61. The van der Waals surface area contributed by atoms with Crippen LogP contribution in [-0.4, -0.2) is 26.1 Å². The average molecular weight is 287 g/mol. The van der Waals surface area contributed by atoms with E-state index in [2.05, 4.69) is 5.32 Å². The number of nitro benzene ring substituents is 1. The maximum Gasteiger partial charge on any atom is 0.275 e. The van der Waals surface area contributed by atoms with E-state index in [-0.39, 0.29) is 5.69 Å². The Balaban J connectivity index is 2.32. The molecule has 0 saturated carbocycles. The van der Waals surface area contributed by atoms with E-state index in [9.17, 15) is 10.1 Å². The molecule has 0 aliphatic heterocycles. The van der Waals surface area contributed by atoms with E-state index in [1.807, 2.05) is 43.3 Å². The van der Waals surface area contributed by atoms with Crippen LogP contribution in [0.3, 0.4) is 0 Å². The first-order valence-corrected chi connectivity index (χ1v) is 6.42. The van der Waals surface area contributed by atoms with Crippen LogP contribution in [0.5, 0.6) is 11.5 Å². The van der Waals surface area contributed by atoms with Gasteiger partial charge < -0.3 is 15.0 Å². The molecule has 0 spiro atoms. The number of nitrogens with one attached hydrogen (secondary N) is 1. The summed E-state index contributed by atoms with van der Waals surface area (Å²) < 4.78 is 5.73. The van der Waals surface area contributed by atoms with Crippen molar-refractivity contribution in [1.29, 1.82) is 0 Å². The summed E-state index contributed by atoms with van der Waals surface area (Å²) in [6, 6.07) is 12.1. The molecule has 2 rings (SSSR count). The van der Waals surface area contributed by atoms with Gasteiger partial charge in [0.1, 0.15) is 11.5 Å². The molecule has 0 aliphatic carbocycles. The largest absolute Gasteiger partial charge is 0.457 e. The molecular formula is C15H17N3O3. The van der Waals surface area contributed by atoms with Crippen molar-refractivity contribution in [2.45, 2.75) is 0 Å². The zero-order chi connectivity index (χ0) is 15.4. The lowest BCUT2D eigenvalue weighted by atomic mass is 10.2. The Morgan fingerprint density at radius 2 is 1.90 bits per heavy atom. The van der Waals surface area contributed by atoms with Crippen LogP contribution in [0, 0.1) is 10.1 Å². The van der Waals surface area contributed by atoms with Crippen molar-refractivity contribution in [1.82, 2.24) is 0 Å². The van der Waals surface area contributed by atoms with Gasteiger partial charge in [-0.15, -0.1) is 0 Å². The maximum absolute atomic E-state index is 10.9. The lowest BCUT2D eigenvalue weighted by molar-refractivity contribution is -0.384. The highest BCUT2D eigenvalue weighted by molar-refractivity contribution is 5.57. The van der Waals surface area contributed by atoms with Crippen molar-refractivity contribution >= 4 is 17.1 Å². The number of nitro groups is 1. The monoisotopic (exact) mass is 287 g/mol. The second-order valence-electron chi connectivity index (χ2n) is 4.72. The van der Waals surface area contributed by atoms with Gasteiger partial charge in [-0.3, -0.25) is 10.1 Å². The molecule has 6 heteroatoms. The number of non-ortho nitro benzene ring substituents is 1. The fourth-order valence-electron chi connectivity index (χ4n) is 1.85. The van der Waals surface area contributed by atoms with E-state index < -0.39 is 4.92 Å². The molecule has 2 aromatic carbocycles. The first kappa shape index (κ1) is 14.6. The van der Waals surface area contributed by atoms with Gasteiger partial charge in [0.05, 0.1) is 11.0 Å². The van der Waals surface area contributed by atoms with Crippen molar-refractivity contribution in [2.75, 3.05) is 31.4 Å². The van der Waals surface area contributed by atoms with Gasteiger partial charge in [0, 0.05) is 50.7 Å². The quantitative estimate of drug-likeness (QED) is 0.673. The van der Waals surface area contributed by atoms with Crippen LogP contribution in [0.25, 0.3) is 0 Å². The van der Waals surface area contributed by atoms with E-state index in [4.69, 9.17) is 4.74 Å². The molecule has 1 N–H and O–H groups in total. The van der Waals surface area contributed by atoms with Crippen molar-refractivity contribution in [3.63, 3.8) is 0 Å². The molecule has 6 nitrogen and oxygen atoms in total. The van der Waals surface area contributed by atoms with Crippen molar-refractivity contribution in [2.24, 2.45) is 0 Å². The number of benzene rings is 2. The molecule has 0 heterocycles. The van der Waals surface area contributed by atoms with Gasteiger partial charge >= 0.3 is 0 Å². The van der Waals surface area contributed by atoms with Gasteiger partial charge in [-0.1, -0.05) is 6.07 Å². The van der Waals surface area contributed by atoms with Gasteiger partial charge in [-0.2, -0.15) is 0 Å². The molecule has 110 valence electrons. The third-order valence-corrected chi connectivity index (χ3v) is 2.96. The smallest absolute Gasteiger partial charge is 0.275 e. The summed E-state index contributed by atoms with van der Waals surface area (Å²) >= 11 is 0. The van der Waals surface area contributed by atoms with Crippen LogP contribution in [0.15, 0.2) is 42.5 Å². The maximum atomic E-state index is 10.9. The number of rotatable bonds is 5. The minimum Gasteiger partial charge on any atom is -0.457 e. The Hall–Kier alpha value is -2.76. The zero-order valence-corrected chi connectivity index (χ0v) is 12.2. The first-order chi connectivity index (χ1) is 9.99. The predicted octanol–water partition coefficient (Wildman–Crippen LogP) is 3.49. The van der Waals surface area contributed by atoms with E-state index in [0.717, 1.165) is 5.69 Å². The molecule has 0 bridgehead atoms. The van der Waals surface area contributed by atoms with Gasteiger partial charge in [0.2, 0.25) is 0 Å². The van der Waals surface area contributed by atoms with Gasteiger partial charge in [0.25, 0.3) is 5.69 Å². The van der Waals surface area contributed by atoms with Crippen LogP contribution in [-0.2, 0) is 0 Å². The second-order valence-corrected chi connectivity index (χ2v) is 4.72. The van der Waals surface area contributed by atoms with Crippen molar-refractivity contribution in [3.8, 4) is 11.5 Å². The Bertz CT molecular complexity index is 656. The molecule has 0 atom stereocenters. The Kier molecular flexibility index (Phi) is 4.27. The standard InChI is InChI=1S/C15H17N3O3/c1-16-11-7-13(18(19)20)10-15(8-11)21-14-6-4-5-12(9-14)17(2)3/h4-10,16H,1-3H3. The highest BCUT2D eigenvalue weighted by atomic mass is 16.6. The number of anilines is 2. The Labute approximate surface area is 123 Å². The lowest BCUT2D eigenvalue weighted by Gasteiger charge is -2.14. The van der Waals surface area contributed by atoms with Crippen LogP contribution >= 0.6 is 0 Å². The molecule has 0 aromatic heterocycles. The summed E-state index contributed by atoms with van der Waals surface area (Å²) in [4.78, 5) is 12.4. The summed E-state index contributed by atoms with van der Waals surface area (Å²) in [5, 5.41) is 13.8. The van der Waals surface area contributed by atoms with E-state index in [1.165, 1.54) is 12.1 Å². The first-order valence-electron chi connectivity index (χ1n) is 6.42. The zero-order valence-electron chi connectivity index (χ0n) is 12.2. The molecule has 0 aliphatic rings. The number of hydrogen-bond acceptors (Lipinski definition) is 5. The number of ether oxygens (including phenoxy) is 1. The molecule has 21 heavy (non-hydrogen) atoms. The van der Waals surface area contributed by atoms with Crippen LogP contribution in [0.2, 0.25) is 0 Å². The highest BCUT2D eigenvalue weighted by Crippen LogP contribution is 2.30. The van der Waals surface area contributed by atoms with Crippen LogP contribution < -0.4 is 15.0 Å². The molecule has 0 radical (unpaired) electrons. The lowest BCUT2D eigenvalue weighted by Crippen LogP contribution is -2.08. The highest BCUT2D eigenvalue weighted by Gasteiger charge is 2.11. The predicted molar refractivity (Wildman–Crippen MR) is 83.5 cm³/mol. The Morgan fingerprint density at radius 1 is 1.14 bits per heavy atom. The number of nitrogens with zero attached hydrogens (tertiary/aromatic N) is 2. The van der Waals surface area contributed by atoms with Crippen molar-refractivity contribution in [3.05, 3.63) is 52.6 Å². The normalized spacial score (nSPS) is 10.0. The van der Waals surface area contributed by atoms with E-state index >= 15 is 0 Å². The van der Waals surface area contributed by atoms with Crippen LogP contribution in [0.1, 0.15) is 0 Å². The topological polar surface area (TPSA) is 67.6 Å². The summed E-state index contributed by atoms with van der Waals surface area (Å²) in [6.07, 6.45) is 0. The van der Waals surface area contributed by atoms with Gasteiger partial charge in [-0.25, -0.2) is 0 Å². The molecule has 0 saturated heterocycles. The summed E-state index contributed by atoms with van der Waals surface area (Å²) in [7, 11) is 5.58. The average Bonchev–Trinajstić information content (AvgIpc) is 2.47. The minimum absolute atomic E-state index is 0.0133. The van der Waals surface area contributed by atoms with Gasteiger partial charge in [0.15, 0.2) is 0 Å². The second kappa shape index (κ2) is 6.13. The molecule has 0 amide bonds. The Morgan fingerprint density at radius 3 is 2.52 bits per heavy atom. The van der Waals surface area contributed by atoms with Crippen molar-refractivity contribution < 1.29 is 9.66 Å². The minimum atomic E-state index is -0.441. The molecule has 2 aromatic rings. The SMILES string of the molecule is CNc1cc(Oc2cccc(N(C)C)c2)cc([N+](=O)[O-])c1. The fraction of sp³-hybridized carbons (Fsp3) is 0.200. The third kappa shape index (κ3) is 3.62. The summed E-state index contributed by atoms with van der Waals surface area (Å²) in [6.45, 7) is 0. The van der Waals surface area contributed by atoms with E-state index in [1.54, 1.807) is 13.1 Å². The molecular weight excluding hydrogens is 270 g/mol. The number of hydrogen-bond donors (Lipinski definition) is 1. The van der Waals surface area contributed by atoms with Crippen LogP contribution in [0.4, 0.5) is 17.1 Å². The third-order valence-electron chi connectivity index (χ3n) is 2.96. The summed E-state index contributed by atoms with van der Waals surface area (Å²) in [5.74, 6) is 1.05. The van der Waals surface area contributed by atoms with E-state index in [0.29, 0.717) is 17.2 Å². The fourth-order valence-corrected chi connectivity index (χ4v) is 1.85. The van der Waals surface area contributed by atoms with Gasteiger partial charge in [-0.05, 0) is 12.1 Å².